The zero-order chi connectivity index (χ0) is 18.5. The fourth-order valence-electron chi connectivity index (χ4n) is 3.89. The lowest BCUT2D eigenvalue weighted by molar-refractivity contribution is -0.147. The first-order valence-electron chi connectivity index (χ1n) is 10.1. The molecule has 0 amide bonds. The second-order valence-corrected chi connectivity index (χ2v) is 7.27. The highest BCUT2D eigenvalue weighted by Crippen LogP contribution is 2.36. The van der Waals surface area contributed by atoms with Crippen LogP contribution < -0.4 is 0 Å². The topological polar surface area (TPSA) is 43.4 Å². The van der Waals surface area contributed by atoms with Gasteiger partial charge in [0.15, 0.2) is 0 Å². The standard InChI is InChI=1S/C22H36O3/c1-4-6-8-9-11-13-21-19(15-17-22(21)24)14-16-20(25-18(3)23)12-10-7-5-2/h4,6,8,19-21H,1,5,7,9-17H2,2-3H3/t19-,20?,21+/m0/s1. The zero-order valence-electron chi connectivity index (χ0n) is 16.2. The molecule has 3 nitrogen and oxygen atoms in total. The fourth-order valence-corrected chi connectivity index (χ4v) is 3.89. The Labute approximate surface area is 153 Å². The van der Waals surface area contributed by atoms with Crippen molar-refractivity contribution in [1.29, 1.82) is 0 Å². The van der Waals surface area contributed by atoms with Gasteiger partial charge in [-0.3, -0.25) is 9.59 Å². The molecular weight excluding hydrogens is 312 g/mol. The first kappa shape index (κ1) is 21.7. The van der Waals surface area contributed by atoms with E-state index in [-0.39, 0.29) is 18.0 Å². The van der Waals surface area contributed by atoms with Crippen molar-refractivity contribution in [2.75, 3.05) is 0 Å². The average Bonchev–Trinajstić information content (AvgIpc) is 2.92. The molecule has 0 bridgehead atoms. The van der Waals surface area contributed by atoms with E-state index in [1.54, 1.807) is 6.08 Å². The predicted octanol–water partition coefficient (Wildman–Crippen LogP) is 5.79. The summed E-state index contributed by atoms with van der Waals surface area (Å²) in [4.78, 5) is 23.6. The van der Waals surface area contributed by atoms with Crippen LogP contribution in [0, 0.1) is 11.8 Å². The van der Waals surface area contributed by atoms with Gasteiger partial charge in [-0.05, 0) is 57.3 Å². The molecule has 142 valence electrons. The quantitative estimate of drug-likeness (QED) is 0.240. The molecule has 0 aliphatic heterocycles. The molecular formula is C22H36O3. The van der Waals surface area contributed by atoms with Crippen LogP contribution in [0.5, 0.6) is 0 Å². The van der Waals surface area contributed by atoms with Gasteiger partial charge in [0.25, 0.3) is 0 Å². The summed E-state index contributed by atoms with van der Waals surface area (Å²) in [6, 6.07) is 0. The summed E-state index contributed by atoms with van der Waals surface area (Å²) in [5.41, 5.74) is 0. The minimum atomic E-state index is -0.186. The summed E-state index contributed by atoms with van der Waals surface area (Å²) in [6.07, 6.45) is 17.0. The fraction of sp³-hybridized carbons (Fsp3) is 0.727. The third-order valence-electron chi connectivity index (χ3n) is 5.22. The Balaban J connectivity index is 2.44. The molecule has 25 heavy (non-hydrogen) atoms. The van der Waals surface area contributed by atoms with Gasteiger partial charge in [-0.15, -0.1) is 0 Å². The third-order valence-corrected chi connectivity index (χ3v) is 5.22. The summed E-state index contributed by atoms with van der Waals surface area (Å²) in [5, 5.41) is 0. The molecule has 0 aromatic carbocycles. The number of carbonyl (C=O) groups excluding carboxylic acids is 2. The minimum absolute atomic E-state index is 0.0240. The van der Waals surface area contributed by atoms with Crippen molar-refractivity contribution in [2.24, 2.45) is 11.8 Å². The Kier molecular flexibility index (Phi) is 11.2. The van der Waals surface area contributed by atoms with Crippen LogP contribution in [0.3, 0.4) is 0 Å². The Hall–Kier alpha value is -1.38. The predicted molar refractivity (Wildman–Crippen MR) is 103 cm³/mol. The van der Waals surface area contributed by atoms with Crippen molar-refractivity contribution < 1.29 is 14.3 Å². The molecule has 1 saturated carbocycles. The van der Waals surface area contributed by atoms with Crippen LogP contribution in [-0.2, 0) is 14.3 Å². The van der Waals surface area contributed by atoms with Crippen LogP contribution in [0.2, 0.25) is 0 Å². The van der Waals surface area contributed by atoms with Gasteiger partial charge >= 0.3 is 5.97 Å². The molecule has 0 N–H and O–H groups in total. The van der Waals surface area contributed by atoms with E-state index >= 15 is 0 Å². The molecule has 1 aliphatic rings. The molecule has 1 aliphatic carbocycles. The van der Waals surface area contributed by atoms with Crippen LogP contribution in [0.4, 0.5) is 0 Å². The van der Waals surface area contributed by atoms with Gasteiger partial charge in [0.1, 0.15) is 11.9 Å². The Morgan fingerprint density at radius 2 is 2.08 bits per heavy atom. The van der Waals surface area contributed by atoms with E-state index in [0.717, 1.165) is 57.8 Å². The number of unbranched alkanes of at least 4 members (excludes halogenated alkanes) is 3. The van der Waals surface area contributed by atoms with Crippen LogP contribution in [-0.4, -0.2) is 17.9 Å². The second kappa shape index (κ2) is 12.9. The van der Waals surface area contributed by atoms with Gasteiger partial charge in [0, 0.05) is 19.3 Å². The Morgan fingerprint density at radius 3 is 2.76 bits per heavy atom. The first-order chi connectivity index (χ1) is 12.1. The largest absolute Gasteiger partial charge is 0.463 e. The summed E-state index contributed by atoms with van der Waals surface area (Å²) >= 11 is 0. The maximum Gasteiger partial charge on any atom is 0.302 e. The van der Waals surface area contributed by atoms with Gasteiger partial charge in [0.2, 0.25) is 0 Å². The lowest BCUT2D eigenvalue weighted by atomic mass is 9.86. The van der Waals surface area contributed by atoms with Gasteiger partial charge < -0.3 is 4.74 Å². The van der Waals surface area contributed by atoms with E-state index in [1.807, 2.05) is 6.08 Å². The third kappa shape index (κ3) is 9.04. The van der Waals surface area contributed by atoms with Crippen LogP contribution in [0.15, 0.2) is 24.8 Å². The smallest absolute Gasteiger partial charge is 0.302 e. The number of esters is 1. The van der Waals surface area contributed by atoms with Gasteiger partial charge in [-0.25, -0.2) is 0 Å². The number of allylic oxidation sites excluding steroid dienone is 3. The van der Waals surface area contributed by atoms with Crippen LogP contribution in [0.1, 0.15) is 84.5 Å². The molecule has 1 fully saturated rings. The van der Waals surface area contributed by atoms with Crippen molar-refractivity contribution >= 4 is 11.8 Å². The molecule has 0 heterocycles. The van der Waals surface area contributed by atoms with Crippen molar-refractivity contribution in [3.8, 4) is 0 Å². The van der Waals surface area contributed by atoms with E-state index in [0.29, 0.717) is 11.7 Å². The first-order valence-corrected chi connectivity index (χ1v) is 10.1. The van der Waals surface area contributed by atoms with E-state index in [4.69, 9.17) is 4.74 Å². The van der Waals surface area contributed by atoms with Gasteiger partial charge in [0.05, 0.1) is 0 Å². The van der Waals surface area contributed by atoms with Gasteiger partial charge in [-0.1, -0.05) is 44.6 Å². The molecule has 0 aromatic heterocycles. The van der Waals surface area contributed by atoms with Crippen molar-refractivity contribution in [3.63, 3.8) is 0 Å². The normalized spacial score (nSPS) is 21.6. The Bertz CT molecular complexity index is 439. The molecule has 0 radical (unpaired) electrons. The van der Waals surface area contributed by atoms with Crippen LogP contribution >= 0.6 is 0 Å². The van der Waals surface area contributed by atoms with E-state index < -0.39 is 0 Å². The summed E-state index contributed by atoms with van der Waals surface area (Å²) in [7, 11) is 0. The number of rotatable bonds is 13. The molecule has 0 aromatic rings. The van der Waals surface area contributed by atoms with E-state index in [1.165, 1.54) is 19.8 Å². The maximum atomic E-state index is 12.2. The number of ketones is 1. The minimum Gasteiger partial charge on any atom is -0.463 e. The van der Waals surface area contributed by atoms with E-state index in [9.17, 15) is 9.59 Å². The summed E-state index contributed by atoms with van der Waals surface area (Å²) in [6.45, 7) is 7.34. The SMILES string of the molecule is C=CC=CCCC[C@H]1C(=O)CC[C@@H]1CCC(CCCCC)OC(C)=O. The second-order valence-electron chi connectivity index (χ2n) is 7.27. The summed E-state index contributed by atoms with van der Waals surface area (Å²) < 4.78 is 5.50. The van der Waals surface area contributed by atoms with Crippen LogP contribution in [0.25, 0.3) is 0 Å². The van der Waals surface area contributed by atoms with Crippen molar-refractivity contribution in [3.05, 3.63) is 24.8 Å². The molecule has 3 atom stereocenters. The molecule has 3 heteroatoms. The number of hydrogen-bond acceptors (Lipinski definition) is 3. The lowest BCUT2D eigenvalue weighted by Crippen LogP contribution is -2.20. The molecule has 1 rings (SSSR count). The zero-order valence-corrected chi connectivity index (χ0v) is 16.2. The summed E-state index contributed by atoms with van der Waals surface area (Å²) in [5.74, 6) is 0.938. The number of Topliss-reactive ketones (excluding diaryl/α,β-unsaturated/α-hetero) is 1. The number of hydrogen-bond donors (Lipinski definition) is 0. The number of carbonyl (C=O) groups is 2. The molecule has 0 saturated heterocycles. The van der Waals surface area contributed by atoms with Crippen molar-refractivity contribution in [1.82, 2.24) is 0 Å². The highest BCUT2D eigenvalue weighted by Gasteiger charge is 2.34. The van der Waals surface area contributed by atoms with Gasteiger partial charge in [-0.2, -0.15) is 0 Å². The van der Waals surface area contributed by atoms with Crippen molar-refractivity contribution in [2.45, 2.75) is 90.6 Å². The highest BCUT2D eigenvalue weighted by molar-refractivity contribution is 5.83. The highest BCUT2D eigenvalue weighted by atomic mass is 16.5. The monoisotopic (exact) mass is 348 g/mol. The average molecular weight is 349 g/mol. The van der Waals surface area contributed by atoms with E-state index in [2.05, 4.69) is 19.6 Å². The Morgan fingerprint density at radius 1 is 1.28 bits per heavy atom. The number of ether oxygens (including phenoxy) is 1. The molecule has 0 spiro atoms. The lowest BCUT2D eigenvalue weighted by Gasteiger charge is -2.22. The molecule has 1 unspecified atom stereocenters. The maximum absolute atomic E-state index is 12.2.